The van der Waals surface area contributed by atoms with Gasteiger partial charge >= 0.3 is 5.97 Å². The van der Waals surface area contributed by atoms with Crippen LogP contribution >= 0.6 is 23.2 Å². The first-order valence-corrected chi connectivity index (χ1v) is 7.72. The van der Waals surface area contributed by atoms with Crippen molar-refractivity contribution in [2.75, 3.05) is 0 Å². The molecule has 2 N–H and O–H groups in total. The number of amides is 1. The molecule has 1 atom stereocenters. The van der Waals surface area contributed by atoms with Crippen LogP contribution in [0.15, 0.2) is 18.2 Å². The Labute approximate surface area is 138 Å². The van der Waals surface area contributed by atoms with E-state index in [-0.39, 0.29) is 12.3 Å². The number of ether oxygens (including phenoxy) is 1. The smallest absolute Gasteiger partial charge is 0.305 e. The molecule has 22 heavy (non-hydrogen) atoms. The molecule has 1 saturated carbocycles. The third-order valence-corrected chi connectivity index (χ3v) is 4.50. The molecule has 1 aliphatic rings. The van der Waals surface area contributed by atoms with E-state index >= 15 is 0 Å². The topological polar surface area (TPSA) is 75.6 Å². The molecule has 0 aromatic heterocycles. The summed E-state index contributed by atoms with van der Waals surface area (Å²) in [6.45, 7) is 1.60. The molecule has 120 valence electrons. The molecule has 1 unspecified atom stereocenters. The van der Waals surface area contributed by atoms with Gasteiger partial charge in [-0.05, 0) is 38.3 Å². The Kier molecular flexibility index (Phi) is 5.19. The lowest BCUT2D eigenvalue weighted by atomic mass is 9.74. The maximum atomic E-state index is 12.2. The minimum absolute atomic E-state index is 0.0712. The third kappa shape index (κ3) is 4.05. The van der Waals surface area contributed by atoms with E-state index in [0.717, 1.165) is 6.42 Å². The fourth-order valence-electron chi connectivity index (χ4n) is 2.41. The highest BCUT2D eigenvalue weighted by atomic mass is 35.5. The van der Waals surface area contributed by atoms with Crippen molar-refractivity contribution in [2.24, 2.45) is 0 Å². The van der Waals surface area contributed by atoms with Gasteiger partial charge in [-0.25, -0.2) is 0 Å². The van der Waals surface area contributed by atoms with Crippen molar-refractivity contribution >= 4 is 35.1 Å². The van der Waals surface area contributed by atoms with Crippen LogP contribution in [0.1, 0.15) is 32.6 Å². The number of hydrogen-bond acceptors (Lipinski definition) is 3. The summed E-state index contributed by atoms with van der Waals surface area (Å²) in [4.78, 5) is 23.1. The largest absolute Gasteiger partial charge is 0.481 e. The zero-order valence-electron chi connectivity index (χ0n) is 12.1. The Bertz CT molecular complexity index is 587. The molecular formula is C15H17Cl2NO4. The number of carboxylic acids is 1. The Morgan fingerprint density at radius 1 is 1.36 bits per heavy atom. The van der Waals surface area contributed by atoms with Crippen molar-refractivity contribution in [3.05, 3.63) is 28.2 Å². The summed E-state index contributed by atoms with van der Waals surface area (Å²) in [5.41, 5.74) is -0.641. The number of benzene rings is 1. The van der Waals surface area contributed by atoms with Gasteiger partial charge in [0.2, 0.25) is 0 Å². The Morgan fingerprint density at radius 3 is 2.55 bits per heavy atom. The second-order valence-electron chi connectivity index (χ2n) is 5.53. The molecule has 1 aliphatic carbocycles. The van der Waals surface area contributed by atoms with Crippen LogP contribution < -0.4 is 10.1 Å². The van der Waals surface area contributed by atoms with Crippen molar-refractivity contribution < 1.29 is 19.4 Å². The number of halogens is 2. The molecule has 1 amide bonds. The highest BCUT2D eigenvalue weighted by molar-refractivity contribution is 6.42. The predicted octanol–water partition coefficient (Wildman–Crippen LogP) is 3.27. The summed E-state index contributed by atoms with van der Waals surface area (Å²) >= 11 is 11.7. The predicted molar refractivity (Wildman–Crippen MR) is 83.5 cm³/mol. The van der Waals surface area contributed by atoms with E-state index in [1.54, 1.807) is 19.1 Å². The fraction of sp³-hybridized carbons (Fsp3) is 0.467. The van der Waals surface area contributed by atoms with Gasteiger partial charge < -0.3 is 15.2 Å². The summed E-state index contributed by atoms with van der Waals surface area (Å²) in [7, 11) is 0. The maximum Gasteiger partial charge on any atom is 0.305 e. The van der Waals surface area contributed by atoms with Crippen LogP contribution in [-0.2, 0) is 9.59 Å². The van der Waals surface area contributed by atoms with Crippen molar-refractivity contribution in [3.63, 3.8) is 0 Å². The quantitative estimate of drug-likeness (QED) is 0.829. The first-order chi connectivity index (χ1) is 10.3. The first kappa shape index (κ1) is 16.9. The average Bonchev–Trinajstić information content (AvgIpc) is 2.39. The molecule has 1 fully saturated rings. The van der Waals surface area contributed by atoms with Gasteiger partial charge in [-0.15, -0.1) is 0 Å². The number of carbonyl (C=O) groups is 2. The van der Waals surface area contributed by atoms with Gasteiger partial charge in [0.25, 0.3) is 5.91 Å². The maximum absolute atomic E-state index is 12.2. The number of carbonyl (C=O) groups excluding carboxylic acids is 1. The van der Waals surface area contributed by atoms with Gasteiger partial charge in [0, 0.05) is 6.07 Å². The zero-order chi connectivity index (χ0) is 16.3. The number of aliphatic carboxylic acids is 1. The highest BCUT2D eigenvalue weighted by Crippen LogP contribution is 2.35. The van der Waals surface area contributed by atoms with Gasteiger partial charge in [0.05, 0.1) is 22.0 Å². The van der Waals surface area contributed by atoms with Crippen LogP contribution in [0.3, 0.4) is 0 Å². The Morgan fingerprint density at radius 2 is 2.05 bits per heavy atom. The van der Waals surface area contributed by atoms with Crippen LogP contribution in [0.5, 0.6) is 5.75 Å². The van der Waals surface area contributed by atoms with Crippen molar-refractivity contribution in [2.45, 2.75) is 44.2 Å². The summed E-state index contributed by atoms with van der Waals surface area (Å²) < 4.78 is 5.53. The molecule has 2 rings (SSSR count). The molecule has 5 nitrogen and oxygen atoms in total. The van der Waals surface area contributed by atoms with Gasteiger partial charge in [-0.2, -0.15) is 0 Å². The molecule has 0 radical (unpaired) electrons. The zero-order valence-corrected chi connectivity index (χ0v) is 13.6. The summed E-state index contributed by atoms with van der Waals surface area (Å²) in [6.07, 6.45) is 1.42. The van der Waals surface area contributed by atoms with E-state index in [0.29, 0.717) is 28.6 Å². The first-order valence-electron chi connectivity index (χ1n) is 6.97. The standard InChI is InChI=1S/C15H17Cl2NO4/c1-9(22-10-3-4-11(16)12(17)7-10)14(21)18-15(5-2-6-15)8-13(19)20/h3-4,7,9H,2,5-6,8H2,1H3,(H,18,21)(H,19,20). The summed E-state index contributed by atoms with van der Waals surface area (Å²) in [5, 5.41) is 12.5. The minimum Gasteiger partial charge on any atom is -0.481 e. The van der Waals surface area contributed by atoms with Crippen LogP contribution in [0.25, 0.3) is 0 Å². The highest BCUT2D eigenvalue weighted by Gasteiger charge is 2.41. The molecule has 0 heterocycles. The van der Waals surface area contributed by atoms with Crippen molar-refractivity contribution in [3.8, 4) is 5.75 Å². The van der Waals surface area contributed by atoms with E-state index in [2.05, 4.69) is 5.32 Å². The lowest BCUT2D eigenvalue weighted by Crippen LogP contribution is -2.57. The summed E-state index contributed by atoms with van der Waals surface area (Å²) in [5.74, 6) is -0.831. The molecule has 0 saturated heterocycles. The van der Waals surface area contributed by atoms with Crippen LogP contribution in [0, 0.1) is 0 Å². The van der Waals surface area contributed by atoms with E-state index in [4.69, 9.17) is 33.0 Å². The van der Waals surface area contributed by atoms with Gasteiger partial charge in [-0.1, -0.05) is 23.2 Å². The molecular weight excluding hydrogens is 329 g/mol. The molecule has 0 aliphatic heterocycles. The van der Waals surface area contributed by atoms with Crippen LogP contribution in [0.4, 0.5) is 0 Å². The monoisotopic (exact) mass is 345 g/mol. The van der Waals surface area contributed by atoms with Crippen molar-refractivity contribution in [1.82, 2.24) is 5.32 Å². The minimum atomic E-state index is -0.918. The van der Waals surface area contributed by atoms with E-state index in [1.165, 1.54) is 6.07 Å². The SMILES string of the molecule is CC(Oc1ccc(Cl)c(Cl)c1)C(=O)NC1(CC(=O)O)CCC1. The normalized spacial score (nSPS) is 17.2. The molecule has 0 spiro atoms. The molecule has 1 aromatic carbocycles. The van der Waals surface area contributed by atoms with E-state index in [1.807, 2.05) is 0 Å². The Balaban J connectivity index is 1.96. The van der Waals surface area contributed by atoms with Crippen LogP contribution in [-0.4, -0.2) is 28.6 Å². The second kappa shape index (κ2) is 6.75. The van der Waals surface area contributed by atoms with Gasteiger partial charge in [-0.3, -0.25) is 9.59 Å². The number of carboxylic acid groups (broad SMARTS) is 1. The number of hydrogen-bond donors (Lipinski definition) is 2. The number of rotatable bonds is 6. The lowest BCUT2D eigenvalue weighted by molar-refractivity contribution is -0.141. The van der Waals surface area contributed by atoms with Gasteiger partial charge in [0.15, 0.2) is 6.10 Å². The van der Waals surface area contributed by atoms with Crippen LogP contribution in [0.2, 0.25) is 10.0 Å². The Hall–Kier alpha value is -1.46. The lowest BCUT2D eigenvalue weighted by Gasteiger charge is -2.42. The molecule has 1 aromatic rings. The second-order valence-corrected chi connectivity index (χ2v) is 6.34. The fourth-order valence-corrected chi connectivity index (χ4v) is 2.70. The summed E-state index contributed by atoms with van der Waals surface area (Å²) in [6, 6.07) is 4.74. The molecule has 7 heteroatoms. The average molecular weight is 346 g/mol. The van der Waals surface area contributed by atoms with E-state index < -0.39 is 17.6 Å². The number of nitrogens with one attached hydrogen (secondary N) is 1. The van der Waals surface area contributed by atoms with Gasteiger partial charge in [0.1, 0.15) is 5.75 Å². The third-order valence-electron chi connectivity index (χ3n) is 3.76. The molecule has 0 bridgehead atoms. The van der Waals surface area contributed by atoms with Crippen molar-refractivity contribution in [1.29, 1.82) is 0 Å². The van der Waals surface area contributed by atoms with E-state index in [9.17, 15) is 9.59 Å².